The Morgan fingerprint density at radius 2 is 1.75 bits per heavy atom. The van der Waals surface area contributed by atoms with Gasteiger partial charge in [-0.25, -0.2) is 13.6 Å². The van der Waals surface area contributed by atoms with Crippen LogP contribution < -0.4 is 10.5 Å². The second-order valence-corrected chi connectivity index (χ2v) is 9.50. The number of primary sulfonamides is 1. The summed E-state index contributed by atoms with van der Waals surface area (Å²) in [5.41, 5.74) is 1.23. The zero-order valence-corrected chi connectivity index (χ0v) is 16.7. The highest BCUT2D eigenvalue weighted by Gasteiger charge is 2.32. The number of para-hydroxylation sites is 1. The van der Waals surface area contributed by atoms with Gasteiger partial charge >= 0.3 is 0 Å². The quantitative estimate of drug-likeness (QED) is 0.583. The van der Waals surface area contributed by atoms with Crippen LogP contribution in [0.3, 0.4) is 0 Å². The number of sulfonamides is 1. The molecule has 1 heterocycles. The molecule has 3 rings (SSSR count). The summed E-state index contributed by atoms with van der Waals surface area (Å²) in [6.45, 7) is 3.49. The molecule has 0 aliphatic carbocycles. The highest BCUT2D eigenvalue weighted by atomic mass is 32.2. The summed E-state index contributed by atoms with van der Waals surface area (Å²) >= 11 is 1.21. The van der Waals surface area contributed by atoms with Crippen molar-refractivity contribution in [3.05, 3.63) is 54.6 Å². The number of rotatable bonds is 6. The highest BCUT2D eigenvalue weighted by molar-refractivity contribution is 8.01. The fourth-order valence-electron chi connectivity index (χ4n) is 2.26. The Kier molecular flexibility index (Phi) is 5.49. The Bertz CT molecular complexity index is 1080. The molecule has 0 saturated carbocycles. The Balaban J connectivity index is 1.75. The number of thioether (sulfide) groups is 1. The Labute approximate surface area is 166 Å². The molecule has 0 radical (unpaired) electrons. The minimum Gasteiger partial charge on any atom is -0.325 e. The average molecular weight is 419 g/mol. The van der Waals surface area contributed by atoms with Gasteiger partial charge in [0.25, 0.3) is 0 Å². The molecule has 146 valence electrons. The van der Waals surface area contributed by atoms with E-state index in [0.29, 0.717) is 10.8 Å². The molecule has 2 aromatic carbocycles. The van der Waals surface area contributed by atoms with Crippen molar-refractivity contribution in [3.63, 3.8) is 0 Å². The Hall–Kier alpha value is -2.76. The lowest BCUT2D eigenvalue weighted by molar-refractivity contribution is -0.117. The summed E-state index contributed by atoms with van der Waals surface area (Å²) in [6.07, 6.45) is 0. The number of nitrogens with zero attached hydrogens (tertiary/aromatic N) is 4. The number of anilines is 1. The van der Waals surface area contributed by atoms with Gasteiger partial charge in [-0.05, 0) is 60.7 Å². The molecule has 28 heavy (non-hydrogen) atoms. The van der Waals surface area contributed by atoms with Gasteiger partial charge in [0.05, 0.1) is 15.3 Å². The van der Waals surface area contributed by atoms with E-state index in [4.69, 9.17) is 5.14 Å². The smallest absolute Gasteiger partial charge is 0.240 e. The van der Waals surface area contributed by atoms with Crippen molar-refractivity contribution >= 4 is 33.4 Å². The molecule has 0 bridgehead atoms. The summed E-state index contributed by atoms with van der Waals surface area (Å²) in [7, 11) is -3.78. The van der Waals surface area contributed by atoms with Gasteiger partial charge in [-0.3, -0.25) is 4.79 Å². The van der Waals surface area contributed by atoms with Crippen molar-refractivity contribution in [2.24, 2.45) is 5.14 Å². The van der Waals surface area contributed by atoms with Crippen molar-refractivity contribution in [2.75, 3.05) is 5.32 Å². The van der Waals surface area contributed by atoms with Crippen LogP contribution in [-0.4, -0.2) is 39.3 Å². The number of nitrogens with one attached hydrogen (secondary N) is 1. The van der Waals surface area contributed by atoms with Crippen LogP contribution in [-0.2, 0) is 14.8 Å². The highest BCUT2D eigenvalue weighted by Crippen LogP contribution is 2.33. The first kappa shape index (κ1) is 20.0. The third-order valence-electron chi connectivity index (χ3n) is 3.78. The van der Waals surface area contributed by atoms with Crippen molar-refractivity contribution in [2.45, 2.75) is 28.6 Å². The van der Waals surface area contributed by atoms with E-state index in [2.05, 4.69) is 20.8 Å². The van der Waals surface area contributed by atoms with Crippen molar-refractivity contribution < 1.29 is 13.2 Å². The zero-order valence-electron chi connectivity index (χ0n) is 15.1. The number of tetrazole rings is 1. The molecule has 1 amide bonds. The van der Waals surface area contributed by atoms with E-state index in [1.54, 1.807) is 18.5 Å². The molecular formula is C17H18N6O3S2. The molecule has 3 N–H and O–H groups in total. The lowest BCUT2D eigenvalue weighted by Gasteiger charge is -2.22. The molecule has 0 aliphatic rings. The van der Waals surface area contributed by atoms with Gasteiger partial charge < -0.3 is 5.32 Å². The number of carbonyl (C=O) groups excluding carboxylic acids is 1. The first-order valence-electron chi connectivity index (χ1n) is 8.14. The third kappa shape index (κ3) is 4.55. The number of hydrogen-bond acceptors (Lipinski definition) is 7. The van der Waals surface area contributed by atoms with Crippen LogP contribution in [0.15, 0.2) is 64.6 Å². The molecule has 0 atom stereocenters. The third-order valence-corrected chi connectivity index (χ3v) is 5.84. The molecule has 3 aromatic rings. The topological polar surface area (TPSA) is 133 Å². The molecule has 0 aliphatic heterocycles. The number of amides is 1. The fourth-order valence-corrected chi connectivity index (χ4v) is 3.68. The van der Waals surface area contributed by atoms with Gasteiger partial charge in [0, 0.05) is 5.69 Å². The maximum absolute atomic E-state index is 12.7. The predicted octanol–water partition coefficient (Wildman–Crippen LogP) is 1.82. The lowest BCUT2D eigenvalue weighted by Crippen LogP contribution is -2.34. The lowest BCUT2D eigenvalue weighted by atomic mass is 10.2. The summed E-state index contributed by atoms with van der Waals surface area (Å²) in [5, 5.41) is 20.0. The maximum Gasteiger partial charge on any atom is 0.240 e. The largest absolute Gasteiger partial charge is 0.325 e. The molecular weight excluding hydrogens is 400 g/mol. The number of aromatic nitrogens is 4. The number of carbonyl (C=O) groups is 1. The van der Waals surface area contributed by atoms with Gasteiger partial charge in [0.15, 0.2) is 0 Å². The minimum absolute atomic E-state index is 0.0267. The van der Waals surface area contributed by atoms with Crippen LogP contribution in [0, 0.1) is 0 Å². The first-order valence-corrected chi connectivity index (χ1v) is 10.5. The number of nitrogens with two attached hydrogens (primary N) is 1. The van der Waals surface area contributed by atoms with E-state index >= 15 is 0 Å². The molecule has 11 heteroatoms. The molecule has 0 unspecified atom stereocenters. The molecule has 0 spiro atoms. The van der Waals surface area contributed by atoms with E-state index in [0.717, 1.165) is 5.69 Å². The zero-order chi connectivity index (χ0) is 20.4. The van der Waals surface area contributed by atoms with Crippen LogP contribution in [0.1, 0.15) is 13.8 Å². The van der Waals surface area contributed by atoms with Crippen LogP contribution in [0.4, 0.5) is 5.69 Å². The van der Waals surface area contributed by atoms with Gasteiger partial charge in [-0.15, -0.1) is 5.10 Å². The van der Waals surface area contributed by atoms with E-state index in [1.807, 2.05) is 30.3 Å². The van der Waals surface area contributed by atoms with E-state index in [1.165, 1.54) is 36.0 Å². The Morgan fingerprint density at radius 1 is 1.11 bits per heavy atom. The van der Waals surface area contributed by atoms with Crippen molar-refractivity contribution in [3.8, 4) is 5.69 Å². The van der Waals surface area contributed by atoms with Crippen LogP contribution in [0.2, 0.25) is 0 Å². The fraction of sp³-hybridized carbons (Fsp3) is 0.176. The monoisotopic (exact) mass is 418 g/mol. The van der Waals surface area contributed by atoms with Gasteiger partial charge in [-0.1, -0.05) is 30.0 Å². The molecule has 0 saturated heterocycles. The van der Waals surface area contributed by atoms with Crippen LogP contribution in [0.25, 0.3) is 5.69 Å². The molecule has 1 aromatic heterocycles. The summed E-state index contributed by atoms with van der Waals surface area (Å²) in [6, 6.07) is 15.0. The summed E-state index contributed by atoms with van der Waals surface area (Å²) in [5.74, 6) is -0.288. The van der Waals surface area contributed by atoms with E-state index in [9.17, 15) is 13.2 Å². The standard InChI is InChI=1S/C17H18N6O3S2/c1-17(2,15(24)19-12-8-10-14(11-9-12)28(18,25)26)27-16-20-21-22-23(16)13-6-4-3-5-7-13/h3-11H,1-2H3,(H,19,24)(H2,18,25,26). The summed E-state index contributed by atoms with van der Waals surface area (Å²) < 4.78 is 23.3. The van der Waals surface area contributed by atoms with Crippen molar-refractivity contribution in [1.82, 2.24) is 20.2 Å². The first-order chi connectivity index (χ1) is 13.2. The van der Waals surface area contributed by atoms with Crippen molar-refractivity contribution in [1.29, 1.82) is 0 Å². The van der Waals surface area contributed by atoms with Gasteiger partial charge in [0.2, 0.25) is 21.1 Å². The van der Waals surface area contributed by atoms with Gasteiger partial charge in [-0.2, -0.15) is 4.68 Å². The second kappa shape index (κ2) is 7.70. The molecule has 0 fully saturated rings. The van der Waals surface area contributed by atoms with Crippen LogP contribution >= 0.6 is 11.8 Å². The predicted molar refractivity (Wildman–Crippen MR) is 106 cm³/mol. The SMILES string of the molecule is CC(C)(Sc1nnnn1-c1ccccc1)C(=O)Nc1ccc(S(N)(=O)=O)cc1. The average Bonchev–Trinajstić information content (AvgIpc) is 3.09. The second-order valence-electron chi connectivity index (χ2n) is 6.34. The minimum atomic E-state index is -3.78. The Morgan fingerprint density at radius 3 is 2.36 bits per heavy atom. The van der Waals surface area contributed by atoms with E-state index < -0.39 is 14.8 Å². The summed E-state index contributed by atoms with van der Waals surface area (Å²) in [4.78, 5) is 12.7. The molecule has 9 nitrogen and oxygen atoms in total. The normalized spacial score (nSPS) is 12.0. The number of hydrogen-bond donors (Lipinski definition) is 2. The number of benzene rings is 2. The maximum atomic E-state index is 12.7. The van der Waals surface area contributed by atoms with Gasteiger partial charge in [0.1, 0.15) is 0 Å². The van der Waals surface area contributed by atoms with Crippen LogP contribution in [0.5, 0.6) is 0 Å². The van der Waals surface area contributed by atoms with E-state index in [-0.39, 0.29) is 10.8 Å².